The van der Waals surface area contributed by atoms with Crippen LogP contribution in [-0.2, 0) is 12.3 Å². The molecule has 2 rings (SSSR count). The van der Waals surface area contributed by atoms with E-state index in [4.69, 9.17) is 15.4 Å². The Labute approximate surface area is 109 Å². The van der Waals surface area contributed by atoms with Gasteiger partial charge in [0.25, 0.3) is 5.22 Å². The summed E-state index contributed by atoms with van der Waals surface area (Å²) in [6.45, 7) is 2.24. The maximum Gasteiger partial charge on any atom is 0.276 e. The molecule has 5 nitrogen and oxygen atoms in total. The molecule has 2 aromatic rings. The van der Waals surface area contributed by atoms with Crippen LogP contribution in [0.2, 0.25) is 0 Å². The Balaban J connectivity index is 2.04. The van der Waals surface area contributed by atoms with Crippen LogP contribution in [0.25, 0.3) is 0 Å². The fourth-order valence-corrected chi connectivity index (χ4v) is 2.30. The first-order valence-electron chi connectivity index (χ1n) is 5.38. The quantitative estimate of drug-likeness (QED) is 0.846. The van der Waals surface area contributed by atoms with Crippen molar-refractivity contribution >= 4 is 11.8 Å². The molecule has 0 saturated heterocycles. The summed E-state index contributed by atoms with van der Waals surface area (Å²) in [5.74, 6) is 1.16. The molecule has 0 aliphatic rings. The van der Waals surface area contributed by atoms with Crippen molar-refractivity contribution in [1.82, 2.24) is 10.2 Å². The van der Waals surface area contributed by atoms with Crippen molar-refractivity contribution in [2.24, 2.45) is 5.73 Å². The number of rotatable bonds is 4. The van der Waals surface area contributed by atoms with Crippen LogP contribution < -0.4 is 5.73 Å². The molecule has 1 heterocycles. The number of nitriles is 1. The number of thioether (sulfide) groups is 1. The van der Waals surface area contributed by atoms with E-state index >= 15 is 0 Å². The van der Waals surface area contributed by atoms with Gasteiger partial charge in [-0.3, -0.25) is 0 Å². The Morgan fingerprint density at radius 2 is 2.28 bits per heavy atom. The topological polar surface area (TPSA) is 88.7 Å². The molecular formula is C12H12N4OS. The maximum atomic E-state index is 8.79. The number of hydrogen-bond acceptors (Lipinski definition) is 6. The van der Waals surface area contributed by atoms with Gasteiger partial charge in [0, 0.05) is 5.75 Å². The second-order valence-electron chi connectivity index (χ2n) is 3.71. The molecule has 0 spiro atoms. The first-order chi connectivity index (χ1) is 8.72. The van der Waals surface area contributed by atoms with Gasteiger partial charge in [0.1, 0.15) is 0 Å². The molecule has 0 radical (unpaired) electrons. The van der Waals surface area contributed by atoms with E-state index in [9.17, 15) is 0 Å². The molecule has 1 aromatic carbocycles. The fourth-order valence-electron chi connectivity index (χ4n) is 1.45. The van der Waals surface area contributed by atoms with Crippen LogP contribution in [0.15, 0.2) is 27.8 Å². The van der Waals surface area contributed by atoms with Gasteiger partial charge in [-0.1, -0.05) is 17.8 Å². The van der Waals surface area contributed by atoms with Gasteiger partial charge in [0.05, 0.1) is 18.2 Å². The lowest BCUT2D eigenvalue weighted by Crippen LogP contribution is -1.95. The summed E-state index contributed by atoms with van der Waals surface area (Å²) < 4.78 is 5.30. The Bertz CT molecular complexity index is 588. The van der Waals surface area contributed by atoms with Crippen LogP contribution in [0, 0.1) is 18.3 Å². The van der Waals surface area contributed by atoms with Crippen LogP contribution in [0.4, 0.5) is 0 Å². The molecule has 0 aliphatic heterocycles. The number of aromatic nitrogens is 2. The van der Waals surface area contributed by atoms with E-state index in [0.717, 1.165) is 16.9 Å². The zero-order chi connectivity index (χ0) is 13.0. The molecular weight excluding hydrogens is 248 g/mol. The lowest BCUT2D eigenvalue weighted by atomic mass is 10.1. The van der Waals surface area contributed by atoms with Gasteiger partial charge in [0.2, 0.25) is 5.89 Å². The molecule has 0 bridgehead atoms. The largest absolute Gasteiger partial charge is 0.415 e. The molecule has 0 atom stereocenters. The summed E-state index contributed by atoms with van der Waals surface area (Å²) in [5, 5.41) is 17.0. The van der Waals surface area contributed by atoms with Crippen molar-refractivity contribution in [1.29, 1.82) is 5.26 Å². The van der Waals surface area contributed by atoms with Crippen molar-refractivity contribution < 1.29 is 4.42 Å². The summed E-state index contributed by atoms with van der Waals surface area (Å²) in [6, 6.07) is 7.74. The lowest BCUT2D eigenvalue weighted by Gasteiger charge is -2.03. The van der Waals surface area contributed by atoms with E-state index in [1.807, 2.05) is 25.1 Å². The minimum atomic E-state index is 0.253. The van der Waals surface area contributed by atoms with E-state index in [-0.39, 0.29) is 6.54 Å². The van der Waals surface area contributed by atoms with Gasteiger partial charge in [-0.15, -0.1) is 10.2 Å². The molecule has 2 N–H and O–H groups in total. The van der Waals surface area contributed by atoms with Crippen molar-refractivity contribution in [3.63, 3.8) is 0 Å². The van der Waals surface area contributed by atoms with Gasteiger partial charge < -0.3 is 10.2 Å². The predicted octanol–water partition coefficient (Wildman–Crippen LogP) is 2.00. The fraction of sp³-hybridized carbons (Fsp3) is 0.250. The van der Waals surface area contributed by atoms with Gasteiger partial charge in [-0.25, -0.2) is 0 Å². The van der Waals surface area contributed by atoms with E-state index in [1.165, 1.54) is 11.8 Å². The number of nitrogens with two attached hydrogens (primary N) is 1. The SMILES string of the molecule is Cc1cc(C#N)ccc1CSc1nnc(CN)o1. The highest BCUT2D eigenvalue weighted by Crippen LogP contribution is 2.23. The molecule has 0 saturated carbocycles. The Morgan fingerprint density at radius 1 is 1.44 bits per heavy atom. The number of nitrogens with zero attached hydrogens (tertiary/aromatic N) is 3. The van der Waals surface area contributed by atoms with Gasteiger partial charge in [0.15, 0.2) is 0 Å². The van der Waals surface area contributed by atoms with E-state index < -0.39 is 0 Å². The average molecular weight is 260 g/mol. The van der Waals surface area contributed by atoms with Gasteiger partial charge >= 0.3 is 0 Å². The number of aryl methyl sites for hydroxylation is 1. The summed E-state index contributed by atoms with van der Waals surface area (Å²) in [5.41, 5.74) is 8.29. The third-order valence-corrected chi connectivity index (χ3v) is 3.31. The highest BCUT2D eigenvalue weighted by molar-refractivity contribution is 7.98. The monoisotopic (exact) mass is 260 g/mol. The van der Waals surface area contributed by atoms with Crippen LogP contribution in [0.5, 0.6) is 0 Å². The third-order valence-electron chi connectivity index (χ3n) is 2.45. The standard InChI is InChI=1S/C12H12N4OS/c1-8-4-9(5-13)2-3-10(8)7-18-12-16-15-11(6-14)17-12/h2-4H,6-7,14H2,1H3. The Hall–Kier alpha value is -1.84. The maximum absolute atomic E-state index is 8.79. The second-order valence-corrected chi connectivity index (χ2v) is 4.63. The Morgan fingerprint density at radius 3 is 2.89 bits per heavy atom. The second kappa shape index (κ2) is 5.67. The van der Waals surface area contributed by atoms with Crippen molar-refractivity contribution in [2.75, 3.05) is 0 Å². The van der Waals surface area contributed by atoms with E-state index in [2.05, 4.69) is 16.3 Å². The van der Waals surface area contributed by atoms with Crippen molar-refractivity contribution in [3.8, 4) is 6.07 Å². The predicted molar refractivity (Wildman–Crippen MR) is 67.6 cm³/mol. The summed E-state index contributed by atoms with van der Waals surface area (Å²) in [7, 11) is 0. The number of hydrogen-bond donors (Lipinski definition) is 1. The lowest BCUT2D eigenvalue weighted by molar-refractivity contribution is 0.415. The first kappa shape index (κ1) is 12.6. The summed E-state index contributed by atoms with van der Waals surface area (Å²) >= 11 is 1.46. The average Bonchev–Trinajstić information content (AvgIpc) is 2.85. The number of benzene rings is 1. The van der Waals surface area contributed by atoms with Crippen LogP contribution in [0.3, 0.4) is 0 Å². The van der Waals surface area contributed by atoms with E-state index in [0.29, 0.717) is 16.7 Å². The minimum Gasteiger partial charge on any atom is -0.415 e. The van der Waals surface area contributed by atoms with Crippen LogP contribution in [-0.4, -0.2) is 10.2 Å². The van der Waals surface area contributed by atoms with E-state index in [1.54, 1.807) is 0 Å². The molecule has 6 heteroatoms. The Kier molecular flexibility index (Phi) is 3.97. The summed E-state index contributed by atoms with van der Waals surface area (Å²) in [4.78, 5) is 0. The minimum absolute atomic E-state index is 0.253. The molecule has 18 heavy (non-hydrogen) atoms. The van der Waals surface area contributed by atoms with Crippen LogP contribution >= 0.6 is 11.8 Å². The summed E-state index contributed by atoms with van der Waals surface area (Å²) in [6.07, 6.45) is 0. The zero-order valence-corrected chi connectivity index (χ0v) is 10.7. The molecule has 0 amide bonds. The van der Waals surface area contributed by atoms with Gasteiger partial charge in [-0.2, -0.15) is 5.26 Å². The van der Waals surface area contributed by atoms with Crippen molar-refractivity contribution in [3.05, 3.63) is 40.8 Å². The molecule has 92 valence electrons. The normalized spacial score (nSPS) is 10.3. The molecule has 0 unspecified atom stereocenters. The third kappa shape index (κ3) is 2.88. The van der Waals surface area contributed by atoms with Crippen LogP contribution in [0.1, 0.15) is 22.6 Å². The molecule has 0 fully saturated rings. The highest BCUT2D eigenvalue weighted by Gasteiger charge is 2.07. The highest BCUT2D eigenvalue weighted by atomic mass is 32.2. The first-order valence-corrected chi connectivity index (χ1v) is 6.36. The smallest absolute Gasteiger partial charge is 0.276 e. The van der Waals surface area contributed by atoms with Gasteiger partial charge in [-0.05, 0) is 30.2 Å². The molecule has 1 aromatic heterocycles. The zero-order valence-electron chi connectivity index (χ0n) is 9.88. The van der Waals surface area contributed by atoms with Crippen molar-refractivity contribution in [2.45, 2.75) is 24.4 Å². The molecule has 0 aliphatic carbocycles.